The first-order valence-corrected chi connectivity index (χ1v) is 7.55. The molecule has 2 aromatic heterocycles. The standard InChI is InChI=1S/C17H20N4O/c1-13-14(11-18)10-15(20-13)12-21-8-5-17(22,6-9-21)16-4-2-3-7-19-16/h2-4,7,10,20,22H,5-6,8-9,12H2,1H3. The van der Waals surface area contributed by atoms with Crippen LogP contribution in [0.25, 0.3) is 0 Å². The Balaban J connectivity index is 1.63. The number of nitrogens with zero attached hydrogens (tertiary/aromatic N) is 3. The Kier molecular flexibility index (Phi) is 3.97. The minimum atomic E-state index is -0.818. The number of aliphatic hydroxyl groups is 1. The number of rotatable bonds is 3. The molecule has 5 heteroatoms. The predicted molar refractivity (Wildman–Crippen MR) is 82.9 cm³/mol. The summed E-state index contributed by atoms with van der Waals surface area (Å²) in [7, 11) is 0. The van der Waals surface area contributed by atoms with Gasteiger partial charge in [-0.1, -0.05) is 6.07 Å². The average molecular weight is 296 g/mol. The van der Waals surface area contributed by atoms with Crippen molar-refractivity contribution in [1.29, 1.82) is 5.26 Å². The van der Waals surface area contributed by atoms with Gasteiger partial charge < -0.3 is 10.1 Å². The number of nitrogens with one attached hydrogen (secondary N) is 1. The van der Waals surface area contributed by atoms with Gasteiger partial charge in [-0.3, -0.25) is 9.88 Å². The van der Waals surface area contributed by atoms with E-state index in [0.29, 0.717) is 18.4 Å². The minimum absolute atomic E-state index is 0.675. The molecular formula is C17H20N4O. The molecule has 114 valence electrons. The van der Waals surface area contributed by atoms with Gasteiger partial charge in [0.25, 0.3) is 0 Å². The maximum Gasteiger partial charge on any atom is 0.109 e. The van der Waals surface area contributed by atoms with Crippen LogP contribution in [0.1, 0.15) is 35.5 Å². The van der Waals surface area contributed by atoms with E-state index >= 15 is 0 Å². The van der Waals surface area contributed by atoms with Crippen molar-refractivity contribution >= 4 is 0 Å². The van der Waals surface area contributed by atoms with Gasteiger partial charge in [0, 0.05) is 37.2 Å². The van der Waals surface area contributed by atoms with Crippen molar-refractivity contribution < 1.29 is 5.11 Å². The molecule has 0 bridgehead atoms. The lowest BCUT2D eigenvalue weighted by atomic mass is 9.87. The van der Waals surface area contributed by atoms with Gasteiger partial charge in [0.15, 0.2) is 0 Å². The van der Waals surface area contributed by atoms with Crippen LogP contribution in [0, 0.1) is 18.3 Å². The van der Waals surface area contributed by atoms with Crippen LogP contribution in [0.4, 0.5) is 0 Å². The molecule has 0 aliphatic carbocycles. The van der Waals surface area contributed by atoms with E-state index in [2.05, 4.69) is 20.9 Å². The number of pyridine rings is 1. The molecule has 0 aromatic carbocycles. The Morgan fingerprint density at radius 1 is 1.41 bits per heavy atom. The predicted octanol–water partition coefficient (Wildman–Crippen LogP) is 2.07. The fourth-order valence-corrected chi connectivity index (χ4v) is 3.04. The summed E-state index contributed by atoms with van der Waals surface area (Å²) < 4.78 is 0. The van der Waals surface area contributed by atoms with Crippen LogP contribution < -0.4 is 0 Å². The smallest absolute Gasteiger partial charge is 0.109 e. The number of likely N-dealkylation sites (tertiary alicyclic amines) is 1. The van der Waals surface area contributed by atoms with Crippen molar-refractivity contribution in [1.82, 2.24) is 14.9 Å². The summed E-state index contributed by atoms with van der Waals surface area (Å²) in [5.41, 5.74) is 2.62. The number of aryl methyl sites for hydroxylation is 1. The van der Waals surface area contributed by atoms with Crippen LogP contribution in [0.15, 0.2) is 30.5 Å². The van der Waals surface area contributed by atoms with Gasteiger partial charge in [0.1, 0.15) is 11.7 Å². The summed E-state index contributed by atoms with van der Waals surface area (Å²) in [6, 6.07) is 9.77. The zero-order chi connectivity index (χ0) is 15.6. The molecular weight excluding hydrogens is 276 g/mol. The molecule has 2 aromatic rings. The van der Waals surface area contributed by atoms with Crippen molar-refractivity contribution in [2.45, 2.75) is 31.9 Å². The Hall–Kier alpha value is -2.16. The largest absolute Gasteiger partial charge is 0.383 e. The van der Waals surface area contributed by atoms with Crippen molar-refractivity contribution in [3.05, 3.63) is 53.1 Å². The first-order valence-electron chi connectivity index (χ1n) is 7.55. The maximum atomic E-state index is 10.8. The summed E-state index contributed by atoms with van der Waals surface area (Å²) >= 11 is 0. The quantitative estimate of drug-likeness (QED) is 0.909. The second kappa shape index (κ2) is 5.91. The second-order valence-electron chi connectivity index (χ2n) is 5.97. The second-order valence-corrected chi connectivity index (χ2v) is 5.97. The van der Waals surface area contributed by atoms with E-state index in [9.17, 15) is 5.11 Å². The molecule has 1 fully saturated rings. The molecule has 0 spiro atoms. The molecule has 22 heavy (non-hydrogen) atoms. The average Bonchev–Trinajstić information content (AvgIpc) is 2.90. The highest BCUT2D eigenvalue weighted by Crippen LogP contribution is 2.31. The number of H-pyrrole nitrogens is 1. The van der Waals surface area contributed by atoms with Gasteiger partial charge >= 0.3 is 0 Å². The van der Waals surface area contributed by atoms with Gasteiger partial charge in [0.05, 0.1) is 11.3 Å². The van der Waals surface area contributed by atoms with Gasteiger partial charge in [0.2, 0.25) is 0 Å². The first-order chi connectivity index (χ1) is 10.6. The number of hydrogen-bond donors (Lipinski definition) is 2. The number of aromatic nitrogens is 2. The van der Waals surface area contributed by atoms with E-state index in [1.807, 2.05) is 31.2 Å². The molecule has 5 nitrogen and oxygen atoms in total. The zero-order valence-corrected chi connectivity index (χ0v) is 12.7. The highest BCUT2D eigenvalue weighted by molar-refractivity contribution is 5.35. The van der Waals surface area contributed by atoms with Gasteiger partial charge in [-0.2, -0.15) is 5.26 Å². The highest BCUT2D eigenvalue weighted by Gasteiger charge is 2.35. The van der Waals surface area contributed by atoms with Gasteiger partial charge in [-0.25, -0.2) is 0 Å². The summed E-state index contributed by atoms with van der Waals surface area (Å²) in [6.07, 6.45) is 3.08. The molecule has 3 heterocycles. The summed E-state index contributed by atoms with van der Waals surface area (Å²) in [5, 5.41) is 19.8. The molecule has 3 rings (SSSR count). The maximum absolute atomic E-state index is 10.8. The Morgan fingerprint density at radius 2 is 2.18 bits per heavy atom. The van der Waals surface area contributed by atoms with Crippen LogP contribution in [-0.2, 0) is 12.1 Å². The van der Waals surface area contributed by atoms with E-state index in [1.54, 1.807) is 6.20 Å². The number of piperidine rings is 1. The summed E-state index contributed by atoms with van der Waals surface area (Å²) in [4.78, 5) is 9.85. The SMILES string of the molecule is Cc1[nH]c(CN2CCC(O)(c3ccccn3)CC2)cc1C#N. The molecule has 2 N–H and O–H groups in total. The zero-order valence-electron chi connectivity index (χ0n) is 12.7. The van der Waals surface area contributed by atoms with E-state index in [1.165, 1.54) is 0 Å². The van der Waals surface area contributed by atoms with E-state index < -0.39 is 5.60 Å². The fraction of sp³-hybridized carbons (Fsp3) is 0.412. The third kappa shape index (κ3) is 2.89. The third-order valence-corrected chi connectivity index (χ3v) is 4.41. The number of nitriles is 1. The molecule has 0 saturated carbocycles. The minimum Gasteiger partial charge on any atom is -0.383 e. The summed E-state index contributed by atoms with van der Waals surface area (Å²) in [6.45, 7) is 4.32. The lowest BCUT2D eigenvalue weighted by Crippen LogP contribution is -2.42. The van der Waals surface area contributed by atoms with Gasteiger partial charge in [-0.05, 0) is 38.0 Å². The van der Waals surface area contributed by atoms with Crippen molar-refractivity contribution in [2.75, 3.05) is 13.1 Å². The monoisotopic (exact) mass is 296 g/mol. The van der Waals surface area contributed by atoms with E-state index in [-0.39, 0.29) is 0 Å². The Labute approximate surface area is 130 Å². The van der Waals surface area contributed by atoms with E-state index in [4.69, 9.17) is 5.26 Å². The van der Waals surface area contributed by atoms with Gasteiger partial charge in [-0.15, -0.1) is 0 Å². The first kappa shape index (κ1) is 14.8. The number of aromatic amines is 1. The third-order valence-electron chi connectivity index (χ3n) is 4.41. The molecule has 0 amide bonds. The van der Waals surface area contributed by atoms with Crippen LogP contribution >= 0.6 is 0 Å². The Bertz CT molecular complexity index is 678. The highest BCUT2D eigenvalue weighted by atomic mass is 16.3. The molecule has 1 saturated heterocycles. The molecule has 0 radical (unpaired) electrons. The molecule has 0 atom stereocenters. The topological polar surface area (TPSA) is 75.9 Å². The molecule has 1 aliphatic rings. The van der Waals surface area contributed by atoms with E-state index in [0.717, 1.165) is 36.7 Å². The van der Waals surface area contributed by atoms with Crippen molar-refractivity contribution in [3.8, 4) is 6.07 Å². The molecule has 0 unspecified atom stereocenters. The summed E-state index contributed by atoms with van der Waals surface area (Å²) in [5.74, 6) is 0. The lowest BCUT2D eigenvalue weighted by molar-refractivity contribution is -0.0313. The number of hydrogen-bond acceptors (Lipinski definition) is 4. The van der Waals surface area contributed by atoms with Crippen LogP contribution in [-0.4, -0.2) is 33.1 Å². The van der Waals surface area contributed by atoms with Crippen molar-refractivity contribution in [3.63, 3.8) is 0 Å². The molecule has 1 aliphatic heterocycles. The van der Waals surface area contributed by atoms with Crippen LogP contribution in [0.3, 0.4) is 0 Å². The Morgan fingerprint density at radius 3 is 2.77 bits per heavy atom. The van der Waals surface area contributed by atoms with Crippen molar-refractivity contribution in [2.24, 2.45) is 0 Å². The van der Waals surface area contributed by atoms with Crippen LogP contribution in [0.5, 0.6) is 0 Å². The fourth-order valence-electron chi connectivity index (χ4n) is 3.04. The lowest BCUT2D eigenvalue weighted by Gasteiger charge is -2.37. The van der Waals surface area contributed by atoms with Crippen LogP contribution in [0.2, 0.25) is 0 Å². The normalized spacial score (nSPS) is 18.0.